The predicted octanol–water partition coefficient (Wildman–Crippen LogP) is 2.33. The number of hydrogen-bond acceptors (Lipinski definition) is 3. The first kappa shape index (κ1) is 14.8. The van der Waals surface area contributed by atoms with E-state index >= 15 is 0 Å². The predicted molar refractivity (Wildman–Crippen MR) is 71.9 cm³/mol. The number of halogens is 2. The van der Waals surface area contributed by atoms with Gasteiger partial charge < -0.3 is 11.1 Å². The van der Waals surface area contributed by atoms with E-state index in [4.69, 9.17) is 28.9 Å². The largest absolute Gasteiger partial charge is 0.330 e. The molecule has 0 radical (unpaired) electrons. The maximum absolute atomic E-state index is 11.8. The SMILES string of the molecule is NCCCN(C=O)C(=O)Nc1cc(Cl)ccc1Cl. The number of rotatable bonds is 5. The Balaban J connectivity index is 2.73. The lowest BCUT2D eigenvalue weighted by molar-refractivity contribution is -0.115. The summed E-state index contributed by atoms with van der Waals surface area (Å²) >= 11 is 11.7. The number of nitrogens with one attached hydrogen (secondary N) is 1. The van der Waals surface area contributed by atoms with Gasteiger partial charge in [-0.25, -0.2) is 4.79 Å². The van der Waals surface area contributed by atoms with E-state index in [-0.39, 0.29) is 6.54 Å². The van der Waals surface area contributed by atoms with Gasteiger partial charge in [-0.15, -0.1) is 0 Å². The molecular weight excluding hydrogens is 277 g/mol. The minimum Gasteiger partial charge on any atom is -0.330 e. The lowest BCUT2D eigenvalue weighted by Crippen LogP contribution is -2.35. The zero-order valence-electron chi connectivity index (χ0n) is 9.53. The number of hydrogen-bond donors (Lipinski definition) is 2. The molecule has 0 spiro atoms. The molecule has 0 unspecified atom stereocenters. The Morgan fingerprint density at radius 1 is 1.44 bits per heavy atom. The Labute approximate surface area is 115 Å². The van der Waals surface area contributed by atoms with Crippen LogP contribution in [0.1, 0.15) is 6.42 Å². The van der Waals surface area contributed by atoms with Crippen LogP contribution in [0.15, 0.2) is 18.2 Å². The zero-order valence-corrected chi connectivity index (χ0v) is 11.0. The highest BCUT2D eigenvalue weighted by molar-refractivity contribution is 6.35. The fraction of sp³-hybridized carbons (Fsp3) is 0.273. The number of benzene rings is 1. The number of amides is 3. The summed E-state index contributed by atoms with van der Waals surface area (Å²) in [6.45, 7) is 0.652. The van der Waals surface area contributed by atoms with E-state index < -0.39 is 6.03 Å². The number of imide groups is 1. The zero-order chi connectivity index (χ0) is 13.5. The lowest BCUT2D eigenvalue weighted by Gasteiger charge is -2.16. The summed E-state index contributed by atoms with van der Waals surface area (Å²) in [7, 11) is 0. The van der Waals surface area contributed by atoms with Crippen molar-refractivity contribution in [2.45, 2.75) is 6.42 Å². The highest BCUT2D eigenvalue weighted by atomic mass is 35.5. The van der Waals surface area contributed by atoms with Crippen molar-refractivity contribution in [3.8, 4) is 0 Å². The van der Waals surface area contributed by atoms with Gasteiger partial charge in [-0.1, -0.05) is 23.2 Å². The third-order valence-corrected chi connectivity index (χ3v) is 2.73. The van der Waals surface area contributed by atoms with Crippen molar-refractivity contribution in [3.05, 3.63) is 28.2 Å². The van der Waals surface area contributed by atoms with Crippen LogP contribution >= 0.6 is 23.2 Å². The highest BCUT2D eigenvalue weighted by Crippen LogP contribution is 2.25. The molecule has 7 heteroatoms. The topological polar surface area (TPSA) is 75.4 Å². The van der Waals surface area contributed by atoms with Gasteiger partial charge in [-0.05, 0) is 31.2 Å². The third kappa shape index (κ3) is 4.18. The monoisotopic (exact) mass is 289 g/mol. The van der Waals surface area contributed by atoms with Crippen LogP contribution in [0.25, 0.3) is 0 Å². The number of urea groups is 1. The number of carbonyl (C=O) groups is 2. The van der Waals surface area contributed by atoms with Crippen LogP contribution in [0.4, 0.5) is 10.5 Å². The maximum Gasteiger partial charge on any atom is 0.328 e. The van der Waals surface area contributed by atoms with Crippen LogP contribution in [0.5, 0.6) is 0 Å². The molecule has 18 heavy (non-hydrogen) atoms. The van der Waals surface area contributed by atoms with Gasteiger partial charge in [0.05, 0.1) is 10.7 Å². The first-order valence-corrected chi connectivity index (χ1v) is 6.02. The first-order valence-electron chi connectivity index (χ1n) is 5.26. The van der Waals surface area contributed by atoms with Crippen molar-refractivity contribution < 1.29 is 9.59 Å². The summed E-state index contributed by atoms with van der Waals surface area (Å²) in [4.78, 5) is 23.5. The number of anilines is 1. The summed E-state index contributed by atoms with van der Waals surface area (Å²) in [6.07, 6.45) is 0.985. The fourth-order valence-corrected chi connectivity index (χ4v) is 1.58. The quantitative estimate of drug-likeness (QED) is 0.817. The molecule has 5 nitrogen and oxygen atoms in total. The summed E-state index contributed by atoms with van der Waals surface area (Å²) in [5.74, 6) is 0. The van der Waals surface area contributed by atoms with Crippen molar-refractivity contribution in [3.63, 3.8) is 0 Å². The minimum atomic E-state index is -0.567. The van der Waals surface area contributed by atoms with Gasteiger partial charge >= 0.3 is 6.03 Å². The molecule has 1 aromatic carbocycles. The van der Waals surface area contributed by atoms with E-state index in [2.05, 4.69) is 5.32 Å². The standard InChI is InChI=1S/C11H13Cl2N3O2/c12-8-2-3-9(13)10(6-8)15-11(18)16(7-17)5-1-4-14/h2-3,6-7H,1,4-5,14H2,(H,15,18). The maximum atomic E-state index is 11.8. The third-order valence-electron chi connectivity index (χ3n) is 2.16. The van der Waals surface area contributed by atoms with Crippen LogP contribution in [0.3, 0.4) is 0 Å². The van der Waals surface area contributed by atoms with Crippen molar-refractivity contribution in [2.75, 3.05) is 18.4 Å². The summed E-state index contributed by atoms with van der Waals surface area (Å²) in [5, 5.41) is 3.29. The fourth-order valence-electron chi connectivity index (χ4n) is 1.24. The summed E-state index contributed by atoms with van der Waals surface area (Å²) in [6, 6.07) is 4.10. The Kier molecular flexibility index (Phi) is 5.91. The molecule has 3 amide bonds. The van der Waals surface area contributed by atoms with Gasteiger partial charge in [0, 0.05) is 11.6 Å². The molecule has 0 aliphatic heterocycles. The molecule has 0 saturated heterocycles. The molecule has 3 N–H and O–H groups in total. The van der Waals surface area contributed by atoms with Gasteiger partial charge in [-0.2, -0.15) is 0 Å². The van der Waals surface area contributed by atoms with E-state index in [0.29, 0.717) is 35.1 Å². The van der Waals surface area contributed by atoms with Crippen LogP contribution < -0.4 is 11.1 Å². The van der Waals surface area contributed by atoms with Gasteiger partial charge in [0.2, 0.25) is 6.41 Å². The Bertz CT molecular complexity index is 440. The van der Waals surface area contributed by atoms with Gasteiger partial charge in [0.25, 0.3) is 0 Å². The second kappa shape index (κ2) is 7.20. The first-order chi connectivity index (χ1) is 8.58. The van der Waals surface area contributed by atoms with Crippen LogP contribution in [0.2, 0.25) is 10.0 Å². The Morgan fingerprint density at radius 2 is 2.17 bits per heavy atom. The molecule has 0 aromatic heterocycles. The van der Waals surface area contributed by atoms with Crippen molar-refractivity contribution in [2.24, 2.45) is 5.73 Å². The number of carbonyl (C=O) groups excluding carboxylic acids is 2. The average molecular weight is 290 g/mol. The molecule has 0 atom stereocenters. The summed E-state index contributed by atoms with van der Waals surface area (Å²) < 4.78 is 0. The molecule has 0 saturated carbocycles. The van der Waals surface area contributed by atoms with Crippen molar-refractivity contribution in [1.29, 1.82) is 0 Å². The second-order valence-electron chi connectivity index (χ2n) is 3.50. The minimum absolute atomic E-state index is 0.254. The average Bonchev–Trinajstić information content (AvgIpc) is 2.35. The van der Waals surface area contributed by atoms with Crippen LogP contribution in [0, 0.1) is 0 Å². The normalized spacial score (nSPS) is 9.94. The van der Waals surface area contributed by atoms with E-state index in [1.54, 1.807) is 12.1 Å². The van der Waals surface area contributed by atoms with Crippen molar-refractivity contribution >= 4 is 41.3 Å². The Morgan fingerprint density at radius 3 is 2.78 bits per heavy atom. The van der Waals surface area contributed by atoms with Crippen molar-refractivity contribution in [1.82, 2.24) is 4.90 Å². The summed E-state index contributed by atoms with van der Waals surface area (Å²) in [5.41, 5.74) is 5.67. The molecule has 1 rings (SSSR count). The lowest BCUT2D eigenvalue weighted by atomic mass is 10.3. The highest BCUT2D eigenvalue weighted by Gasteiger charge is 2.13. The van der Waals surface area contributed by atoms with Crippen LogP contribution in [-0.4, -0.2) is 30.4 Å². The van der Waals surface area contributed by atoms with E-state index in [1.165, 1.54) is 6.07 Å². The van der Waals surface area contributed by atoms with Gasteiger partial charge in [-0.3, -0.25) is 9.69 Å². The molecule has 98 valence electrons. The smallest absolute Gasteiger partial charge is 0.328 e. The van der Waals surface area contributed by atoms with E-state index in [0.717, 1.165) is 4.90 Å². The molecule has 0 aliphatic rings. The van der Waals surface area contributed by atoms with E-state index in [1.807, 2.05) is 0 Å². The molecular formula is C11H13Cl2N3O2. The molecule has 0 bridgehead atoms. The number of nitrogens with two attached hydrogens (primary N) is 1. The Hall–Kier alpha value is -1.30. The molecule has 0 fully saturated rings. The van der Waals surface area contributed by atoms with E-state index in [9.17, 15) is 9.59 Å². The molecule has 1 aromatic rings. The van der Waals surface area contributed by atoms with Gasteiger partial charge in [0.1, 0.15) is 0 Å². The molecule has 0 heterocycles. The number of nitrogens with zero attached hydrogens (tertiary/aromatic N) is 1. The van der Waals surface area contributed by atoms with Crippen LogP contribution in [-0.2, 0) is 4.79 Å². The van der Waals surface area contributed by atoms with Gasteiger partial charge in [0.15, 0.2) is 0 Å². The molecule has 0 aliphatic carbocycles. The second-order valence-corrected chi connectivity index (χ2v) is 4.34.